The molecule has 1 unspecified atom stereocenters. The number of nitrogens with zero attached hydrogens (tertiary/aromatic N) is 1. The third-order valence-corrected chi connectivity index (χ3v) is 3.43. The molecule has 0 radical (unpaired) electrons. The van der Waals surface area contributed by atoms with Gasteiger partial charge in [-0.05, 0) is 40.3 Å². The summed E-state index contributed by atoms with van der Waals surface area (Å²) in [5, 5.41) is 0. The van der Waals surface area contributed by atoms with Gasteiger partial charge in [0, 0.05) is 6.04 Å². The van der Waals surface area contributed by atoms with Gasteiger partial charge in [-0.25, -0.2) is 0 Å². The first-order chi connectivity index (χ1) is 6.59. The van der Waals surface area contributed by atoms with Crippen LogP contribution in [0.25, 0.3) is 0 Å². The highest BCUT2D eigenvalue weighted by atomic mass is 15.1. The molecule has 0 N–H and O–H groups in total. The van der Waals surface area contributed by atoms with Crippen molar-refractivity contribution < 1.29 is 0 Å². The Morgan fingerprint density at radius 1 is 1.36 bits per heavy atom. The predicted octanol–water partition coefficient (Wildman–Crippen LogP) is 3.46. The van der Waals surface area contributed by atoms with Crippen molar-refractivity contribution in [1.82, 2.24) is 4.90 Å². The van der Waals surface area contributed by atoms with Crippen molar-refractivity contribution >= 4 is 0 Å². The predicted molar refractivity (Wildman–Crippen MR) is 63.5 cm³/mol. The molecule has 1 atom stereocenters. The molecule has 0 aliphatic heterocycles. The fourth-order valence-electron chi connectivity index (χ4n) is 2.30. The molecule has 0 amide bonds. The molecule has 0 saturated heterocycles. The number of hydrogen-bond acceptors (Lipinski definition) is 1. The molecule has 1 saturated carbocycles. The lowest BCUT2D eigenvalue weighted by Gasteiger charge is -2.18. The number of hydrogen-bond donors (Lipinski definition) is 0. The van der Waals surface area contributed by atoms with E-state index in [0.717, 1.165) is 5.92 Å². The van der Waals surface area contributed by atoms with Gasteiger partial charge in [0.25, 0.3) is 0 Å². The molecule has 0 aromatic heterocycles. The van der Waals surface area contributed by atoms with Crippen molar-refractivity contribution in [3.8, 4) is 0 Å². The Labute approximate surface area is 89.2 Å². The summed E-state index contributed by atoms with van der Waals surface area (Å²) in [4.78, 5) is 2.26. The summed E-state index contributed by atoms with van der Waals surface area (Å²) in [6, 6.07) is 0.580. The highest BCUT2D eigenvalue weighted by Crippen LogP contribution is 2.30. The zero-order valence-corrected chi connectivity index (χ0v) is 10.2. The summed E-state index contributed by atoms with van der Waals surface area (Å²) in [5.74, 6) is 0.987. The minimum absolute atomic E-state index is 0.580. The van der Waals surface area contributed by atoms with Crippen molar-refractivity contribution in [3.63, 3.8) is 0 Å². The SMILES string of the molecule is CC(=CC(C)N(C)C)CC1CCCC1. The summed E-state index contributed by atoms with van der Waals surface area (Å²) in [7, 11) is 4.29. The first-order valence-electron chi connectivity index (χ1n) is 5.93. The van der Waals surface area contributed by atoms with Crippen LogP contribution < -0.4 is 0 Å². The highest BCUT2D eigenvalue weighted by Gasteiger charge is 2.15. The van der Waals surface area contributed by atoms with E-state index in [1.54, 1.807) is 5.57 Å². The van der Waals surface area contributed by atoms with Gasteiger partial charge < -0.3 is 4.90 Å². The van der Waals surface area contributed by atoms with Crippen LogP contribution in [0.2, 0.25) is 0 Å². The summed E-state index contributed by atoms with van der Waals surface area (Å²) < 4.78 is 0. The molecule has 0 aromatic rings. The van der Waals surface area contributed by atoms with Crippen LogP contribution in [0.4, 0.5) is 0 Å². The molecule has 14 heavy (non-hydrogen) atoms. The molecule has 1 rings (SSSR count). The van der Waals surface area contributed by atoms with E-state index in [2.05, 4.69) is 38.9 Å². The largest absolute Gasteiger partial charge is 0.303 e. The molecule has 0 spiro atoms. The summed E-state index contributed by atoms with van der Waals surface area (Å²) in [6.45, 7) is 4.55. The quantitative estimate of drug-likeness (QED) is 0.621. The normalized spacial score (nSPS) is 21.9. The standard InChI is InChI=1S/C13H25N/c1-11(9-12(2)14(3)4)10-13-7-5-6-8-13/h9,12-13H,5-8,10H2,1-4H3. The van der Waals surface area contributed by atoms with E-state index in [1.807, 2.05) is 0 Å². The highest BCUT2D eigenvalue weighted by molar-refractivity contribution is 5.04. The van der Waals surface area contributed by atoms with E-state index >= 15 is 0 Å². The van der Waals surface area contributed by atoms with Gasteiger partial charge in [-0.15, -0.1) is 0 Å². The summed E-state index contributed by atoms with van der Waals surface area (Å²) in [5.41, 5.74) is 1.58. The van der Waals surface area contributed by atoms with Crippen molar-refractivity contribution in [3.05, 3.63) is 11.6 Å². The number of rotatable bonds is 4. The van der Waals surface area contributed by atoms with Crippen LogP contribution in [0.1, 0.15) is 46.0 Å². The minimum Gasteiger partial charge on any atom is -0.303 e. The molecule has 82 valence electrons. The van der Waals surface area contributed by atoms with Crippen LogP contribution in [0.5, 0.6) is 0 Å². The van der Waals surface area contributed by atoms with Gasteiger partial charge in [-0.1, -0.05) is 37.3 Å². The van der Waals surface area contributed by atoms with E-state index in [1.165, 1.54) is 32.1 Å². The fourth-order valence-corrected chi connectivity index (χ4v) is 2.30. The Morgan fingerprint density at radius 3 is 2.43 bits per heavy atom. The van der Waals surface area contributed by atoms with Gasteiger partial charge in [-0.2, -0.15) is 0 Å². The monoisotopic (exact) mass is 195 g/mol. The maximum atomic E-state index is 2.42. The second kappa shape index (κ2) is 5.55. The van der Waals surface area contributed by atoms with Gasteiger partial charge in [0.2, 0.25) is 0 Å². The Morgan fingerprint density at radius 2 is 1.93 bits per heavy atom. The van der Waals surface area contributed by atoms with Gasteiger partial charge >= 0.3 is 0 Å². The molecule has 1 fully saturated rings. The van der Waals surface area contributed by atoms with Gasteiger partial charge in [0.15, 0.2) is 0 Å². The molecule has 1 aliphatic rings. The molecule has 0 bridgehead atoms. The van der Waals surface area contributed by atoms with Crippen molar-refractivity contribution in [2.75, 3.05) is 14.1 Å². The molecular weight excluding hydrogens is 170 g/mol. The average molecular weight is 195 g/mol. The zero-order valence-electron chi connectivity index (χ0n) is 10.2. The molecule has 0 aromatic carbocycles. The minimum atomic E-state index is 0.580. The maximum Gasteiger partial charge on any atom is 0.0246 e. The first-order valence-corrected chi connectivity index (χ1v) is 5.93. The summed E-state index contributed by atoms with van der Waals surface area (Å²) >= 11 is 0. The van der Waals surface area contributed by atoms with E-state index in [4.69, 9.17) is 0 Å². The average Bonchev–Trinajstić information content (AvgIpc) is 2.56. The van der Waals surface area contributed by atoms with Gasteiger partial charge in [0.1, 0.15) is 0 Å². The van der Waals surface area contributed by atoms with E-state index in [9.17, 15) is 0 Å². The Balaban J connectivity index is 2.35. The number of allylic oxidation sites excluding steroid dienone is 1. The van der Waals surface area contributed by atoms with Crippen LogP contribution >= 0.6 is 0 Å². The lowest BCUT2D eigenvalue weighted by molar-refractivity contribution is 0.361. The smallest absolute Gasteiger partial charge is 0.0246 e. The lowest BCUT2D eigenvalue weighted by atomic mass is 9.98. The van der Waals surface area contributed by atoms with E-state index in [-0.39, 0.29) is 0 Å². The summed E-state index contributed by atoms with van der Waals surface area (Å²) in [6.07, 6.45) is 9.59. The Bertz CT molecular complexity index is 187. The fraction of sp³-hybridized carbons (Fsp3) is 0.846. The second-order valence-corrected chi connectivity index (χ2v) is 5.07. The molecular formula is C13H25N. The van der Waals surface area contributed by atoms with Gasteiger partial charge in [0.05, 0.1) is 0 Å². The molecule has 1 heteroatoms. The third kappa shape index (κ3) is 3.83. The van der Waals surface area contributed by atoms with Crippen LogP contribution in [0, 0.1) is 5.92 Å². The van der Waals surface area contributed by atoms with Crippen molar-refractivity contribution in [2.24, 2.45) is 5.92 Å². The molecule has 0 heterocycles. The van der Waals surface area contributed by atoms with E-state index < -0.39 is 0 Å². The van der Waals surface area contributed by atoms with Crippen LogP contribution in [0.15, 0.2) is 11.6 Å². The van der Waals surface area contributed by atoms with Crippen molar-refractivity contribution in [2.45, 2.75) is 52.0 Å². The third-order valence-electron chi connectivity index (χ3n) is 3.43. The first kappa shape index (κ1) is 11.8. The maximum absolute atomic E-state index is 2.42. The van der Waals surface area contributed by atoms with Crippen LogP contribution in [-0.4, -0.2) is 25.0 Å². The zero-order chi connectivity index (χ0) is 10.6. The molecule has 1 nitrogen and oxygen atoms in total. The van der Waals surface area contributed by atoms with Crippen LogP contribution in [0.3, 0.4) is 0 Å². The lowest BCUT2D eigenvalue weighted by Crippen LogP contribution is -2.22. The second-order valence-electron chi connectivity index (χ2n) is 5.07. The molecule has 1 aliphatic carbocycles. The van der Waals surface area contributed by atoms with Gasteiger partial charge in [-0.3, -0.25) is 0 Å². The van der Waals surface area contributed by atoms with Crippen LogP contribution in [-0.2, 0) is 0 Å². The number of likely N-dealkylation sites (N-methyl/N-ethyl adjacent to an activating group) is 1. The van der Waals surface area contributed by atoms with E-state index in [0.29, 0.717) is 6.04 Å². The topological polar surface area (TPSA) is 3.24 Å². The Hall–Kier alpha value is -0.300. The Kier molecular flexibility index (Phi) is 4.67. The van der Waals surface area contributed by atoms with Crippen molar-refractivity contribution in [1.29, 1.82) is 0 Å².